The number of carbonyl (C=O) groups is 1. The van der Waals surface area contributed by atoms with Crippen LogP contribution in [0.2, 0.25) is 5.02 Å². The second kappa shape index (κ2) is 7.42. The van der Waals surface area contributed by atoms with Crippen molar-refractivity contribution < 1.29 is 9.72 Å². The van der Waals surface area contributed by atoms with Gasteiger partial charge in [0.2, 0.25) is 0 Å². The van der Waals surface area contributed by atoms with Crippen molar-refractivity contribution in [1.29, 1.82) is 0 Å². The highest BCUT2D eigenvalue weighted by Crippen LogP contribution is 2.23. The molecule has 0 aliphatic heterocycles. The number of nitrogens with one attached hydrogen (secondary N) is 1. The fourth-order valence-corrected chi connectivity index (χ4v) is 3.12. The molecule has 25 heavy (non-hydrogen) atoms. The van der Waals surface area contributed by atoms with Gasteiger partial charge in [0.05, 0.1) is 4.92 Å². The van der Waals surface area contributed by atoms with Crippen LogP contribution in [0.3, 0.4) is 0 Å². The second-order valence-corrected chi connectivity index (χ2v) is 6.74. The van der Waals surface area contributed by atoms with Gasteiger partial charge < -0.3 is 0 Å². The molecule has 1 heterocycles. The van der Waals surface area contributed by atoms with Crippen LogP contribution in [-0.2, 0) is 6.42 Å². The number of nitrogens with zero attached hydrogens (tertiary/aromatic N) is 2. The molecule has 0 aliphatic carbocycles. The quantitative estimate of drug-likeness (QED) is 0.525. The Morgan fingerprint density at radius 1 is 1.16 bits per heavy atom. The number of amides is 1. The first-order valence-electron chi connectivity index (χ1n) is 7.26. The summed E-state index contributed by atoms with van der Waals surface area (Å²) in [6, 6.07) is 13.0. The van der Waals surface area contributed by atoms with E-state index in [1.54, 1.807) is 6.20 Å². The van der Waals surface area contributed by atoms with Crippen molar-refractivity contribution in [1.82, 2.24) is 4.98 Å². The van der Waals surface area contributed by atoms with Crippen molar-refractivity contribution in [3.8, 4) is 0 Å². The van der Waals surface area contributed by atoms with E-state index in [2.05, 4.69) is 10.3 Å². The average Bonchev–Trinajstić information content (AvgIpc) is 3.04. The summed E-state index contributed by atoms with van der Waals surface area (Å²) in [7, 11) is 0. The molecular formula is C17H12ClN3O3S. The third-order valence-electron chi connectivity index (χ3n) is 3.41. The number of thiazole rings is 1. The summed E-state index contributed by atoms with van der Waals surface area (Å²) >= 11 is 7.25. The number of benzene rings is 2. The van der Waals surface area contributed by atoms with Gasteiger partial charge in [0.25, 0.3) is 11.6 Å². The lowest BCUT2D eigenvalue weighted by atomic mass is 10.1. The van der Waals surface area contributed by atoms with E-state index in [1.807, 2.05) is 24.3 Å². The molecule has 0 saturated heterocycles. The Morgan fingerprint density at radius 2 is 1.84 bits per heavy atom. The number of non-ortho nitro benzene ring substituents is 1. The lowest BCUT2D eigenvalue weighted by molar-refractivity contribution is -0.384. The van der Waals surface area contributed by atoms with E-state index >= 15 is 0 Å². The third-order valence-corrected chi connectivity index (χ3v) is 4.57. The van der Waals surface area contributed by atoms with Gasteiger partial charge >= 0.3 is 0 Å². The van der Waals surface area contributed by atoms with E-state index in [-0.39, 0.29) is 11.6 Å². The molecule has 2 aromatic carbocycles. The lowest BCUT2D eigenvalue weighted by Crippen LogP contribution is -2.11. The van der Waals surface area contributed by atoms with Crippen molar-refractivity contribution >= 4 is 39.7 Å². The monoisotopic (exact) mass is 373 g/mol. The molecule has 0 fully saturated rings. The molecule has 1 amide bonds. The second-order valence-electron chi connectivity index (χ2n) is 5.19. The smallest absolute Gasteiger partial charge is 0.269 e. The molecular weight excluding hydrogens is 362 g/mol. The van der Waals surface area contributed by atoms with Gasteiger partial charge in [-0.3, -0.25) is 20.2 Å². The number of halogens is 1. The maximum atomic E-state index is 12.2. The standard InChI is InChI=1S/C17H12ClN3O3S/c18-13-5-1-11(2-6-13)9-15-10-19-17(25-15)20-16(22)12-3-7-14(8-4-12)21(23)24/h1-8,10H,9H2,(H,19,20,22). The Labute approximate surface area is 152 Å². The van der Waals surface area contributed by atoms with Crippen molar-refractivity contribution in [3.63, 3.8) is 0 Å². The molecule has 0 atom stereocenters. The van der Waals surface area contributed by atoms with E-state index in [0.29, 0.717) is 22.1 Å². The highest BCUT2D eigenvalue weighted by Gasteiger charge is 2.11. The maximum absolute atomic E-state index is 12.2. The van der Waals surface area contributed by atoms with E-state index in [9.17, 15) is 14.9 Å². The van der Waals surface area contributed by atoms with Crippen LogP contribution in [0.4, 0.5) is 10.8 Å². The number of aromatic nitrogens is 1. The summed E-state index contributed by atoms with van der Waals surface area (Å²) in [6.07, 6.45) is 2.41. The summed E-state index contributed by atoms with van der Waals surface area (Å²) in [5.41, 5.74) is 1.37. The summed E-state index contributed by atoms with van der Waals surface area (Å²) < 4.78 is 0. The molecule has 0 bridgehead atoms. The van der Waals surface area contributed by atoms with Gasteiger partial charge in [0, 0.05) is 40.2 Å². The maximum Gasteiger partial charge on any atom is 0.269 e. The Hall–Kier alpha value is -2.77. The predicted octanol–water partition coefficient (Wildman–Crippen LogP) is 4.55. The Bertz CT molecular complexity index is 908. The van der Waals surface area contributed by atoms with Gasteiger partial charge in [0.15, 0.2) is 5.13 Å². The van der Waals surface area contributed by atoms with Crippen LogP contribution < -0.4 is 5.32 Å². The first-order valence-corrected chi connectivity index (χ1v) is 8.45. The number of hydrogen-bond donors (Lipinski definition) is 1. The lowest BCUT2D eigenvalue weighted by Gasteiger charge is -2.01. The zero-order valence-corrected chi connectivity index (χ0v) is 14.4. The molecule has 3 aromatic rings. The largest absolute Gasteiger partial charge is 0.298 e. The van der Waals surface area contributed by atoms with Crippen LogP contribution in [0.15, 0.2) is 54.7 Å². The molecule has 0 aliphatic rings. The molecule has 3 rings (SSSR count). The van der Waals surface area contributed by atoms with Gasteiger partial charge in [-0.25, -0.2) is 4.98 Å². The van der Waals surface area contributed by atoms with Crippen molar-refractivity contribution in [2.75, 3.05) is 5.32 Å². The number of rotatable bonds is 5. The fraction of sp³-hybridized carbons (Fsp3) is 0.0588. The Kier molecular flexibility index (Phi) is 5.06. The van der Waals surface area contributed by atoms with Crippen LogP contribution in [0, 0.1) is 10.1 Å². The van der Waals surface area contributed by atoms with Crippen LogP contribution in [0.1, 0.15) is 20.8 Å². The molecule has 8 heteroatoms. The molecule has 6 nitrogen and oxygen atoms in total. The van der Waals surface area contributed by atoms with Crippen LogP contribution in [-0.4, -0.2) is 15.8 Å². The summed E-state index contributed by atoms with van der Waals surface area (Å²) in [5.74, 6) is -0.359. The van der Waals surface area contributed by atoms with Gasteiger partial charge in [-0.2, -0.15) is 0 Å². The minimum Gasteiger partial charge on any atom is -0.298 e. The number of hydrogen-bond acceptors (Lipinski definition) is 5. The van der Waals surface area contributed by atoms with E-state index in [1.165, 1.54) is 35.6 Å². The molecule has 1 aromatic heterocycles. The minimum atomic E-state index is -0.508. The Morgan fingerprint density at radius 3 is 2.48 bits per heavy atom. The van der Waals surface area contributed by atoms with Crippen LogP contribution in [0.25, 0.3) is 0 Å². The van der Waals surface area contributed by atoms with Crippen LogP contribution >= 0.6 is 22.9 Å². The molecule has 0 radical (unpaired) electrons. The van der Waals surface area contributed by atoms with E-state index in [4.69, 9.17) is 11.6 Å². The van der Waals surface area contributed by atoms with Gasteiger partial charge in [-0.1, -0.05) is 23.7 Å². The van der Waals surface area contributed by atoms with Crippen molar-refractivity contribution in [2.45, 2.75) is 6.42 Å². The topological polar surface area (TPSA) is 85.1 Å². The minimum absolute atomic E-state index is 0.0592. The Balaban J connectivity index is 1.65. The fourth-order valence-electron chi connectivity index (χ4n) is 2.15. The summed E-state index contributed by atoms with van der Waals surface area (Å²) in [6.45, 7) is 0. The van der Waals surface area contributed by atoms with E-state index in [0.717, 1.165) is 10.4 Å². The van der Waals surface area contributed by atoms with E-state index < -0.39 is 4.92 Å². The van der Waals surface area contributed by atoms with Crippen LogP contribution in [0.5, 0.6) is 0 Å². The highest BCUT2D eigenvalue weighted by molar-refractivity contribution is 7.15. The molecule has 0 spiro atoms. The highest BCUT2D eigenvalue weighted by atomic mass is 35.5. The normalized spacial score (nSPS) is 10.4. The summed E-state index contributed by atoms with van der Waals surface area (Å²) in [5, 5.41) is 14.5. The molecule has 126 valence electrons. The predicted molar refractivity (Wildman–Crippen MR) is 97.4 cm³/mol. The summed E-state index contributed by atoms with van der Waals surface area (Å²) in [4.78, 5) is 27.5. The average molecular weight is 374 g/mol. The van der Waals surface area contributed by atoms with Gasteiger partial charge in [-0.05, 0) is 29.8 Å². The zero-order chi connectivity index (χ0) is 17.8. The van der Waals surface area contributed by atoms with Gasteiger partial charge in [-0.15, -0.1) is 11.3 Å². The first-order chi connectivity index (χ1) is 12.0. The SMILES string of the molecule is O=C(Nc1ncc(Cc2ccc(Cl)cc2)s1)c1ccc([N+](=O)[O-])cc1. The third kappa shape index (κ3) is 4.40. The number of carbonyl (C=O) groups excluding carboxylic acids is 1. The number of nitro benzene ring substituents is 1. The van der Waals surface area contributed by atoms with Crippen molar-refractivity contribution in [3.05, 3.63) is 85.9 Å². The molecule has 1 N–H and O–H groups in total. The first kappa shape index (κ1) is 17.1. The molecule has 0 unspecified atom stereocenters. The number of anilines is 1. The van der Waals surface area contributed by atoms with Gasteiger partial charge in [0.1, 0.15) is 0 Å². The zero-order valence-electron chi connectivity index (χ0n) is 12.8. The molecule has 0 saturated carbocycles. The number of nitro groups is 1. The van der Waals surface area contributed by atoms with Crippen molar-refractivity contribution in [2.24, 2.45) is 0 Å².